The minimum atomic E-state index is -1.06. The number of ether oxygens (including phenoxy) is 1. The van der Waals surface area contributed by atoms with E-state index < -0.39 is 5.97 Å². The number of hydrogen-bond donors (Lipinski definition) is 3. The van der Waals surface area contributed by atoms with Crippen LogP contribution in [0.15, 0.2) is 24.3 Å². The molecule has 0 unspecified atom stereocenters. The molecule has 0 radical (unpaired) electrons. The van der Waals surface area contributed by atoms with Crippen LogP contribution in [0.4, 0.5) is 0 Å². The highest BCUT2D eigenvalue weighted by molar-refractivity contribution is 6.00. The Kier molecular flexibility index (Phi) is 4.79. The number of aromatic nitrogens is 1. The molecular formula is C19H22N2O4. The average Bonchev–Trinajstić information content (AvgIpc) is 2.76. The number of hydrogen-bond acceptors (Lipinski definition) is 3. The summed E-state index contributed by atoms with van der Waals surface area (Å²) in [7, 11) is 0. The summed E-state index contributed by atoms with van der Waals surface area (Å²) in [6.45, 7) is 4.52. The van der Waals surface area contributed by atoms with E-state index in [4.69, 9.17) is 9.84 Å². The molecule has 1 aromatic heterocycles. The molecule has 6 heteroatoms. The predicted molar refractivity (Wildman–Crippen MR) is 93.3 cm³/mol. The first-order valence-corrected chi connectivity index (χ1v) is 8.38. The molecule has 1 amide bonds. The van der Waals surface area contributed by atoms with Gasteiger partial charge >= 0.3 is 5.97 Å². The summed E-state index contributed by atoms with van der Waals surface area (Å²) in [5, 5.41) is 12.1. The van der Waals surface area contributed by atoms with Crippen LogP contribution in [-0.2, 0) is 6.42 Å². The van der Waals surface area contributed by atoms with E-state index in [-0.39, 0.29) is 17.5 Å². The van der Waals surface area contributed by atoms with Gasteiger partial charge in [0.2, 0.25) is 0 Å². The van der Waals surface area contributed by atoms with E-state index in [0.717, 1.165) is 24.2 Å². The van der Waals surface area contributed by atoms with Gasteiger partial charge < -0.3 is 20.1 Å². The number of rotatable bonds is 4. The van der Waals surface area contributed by atoms with Crippen LogP contribution in [0.3, 0.4) is 0 Å². The Labute approximate surface area is 146 Å². The van der Waals surface area contributed by atoms with Crippen LogP contribution in [0.25, 0.3) is 0 Å². The topological polar surface area (TPSA) is 91.4 Å². The molecule has 0 aliphatic carbocycles. The Morgan fingerprint density at radius 2 is 2.08 bits per heavy atom. The molecule has 132 valence electrons. The molecule has 2 heterocycles. The van der Waals surface area contributed by atoms with Gasteiger partial charge in [-0.1, -0.05) is 18.2 Å². The van der Waals surface area contributed by atoms with Gasteiger partial charge in [0.05, 0.1) is 12.2 Å². The molecule has 1 aliphatic rings. The molecule has 0 saturated carbocycles. The van der Waals surface area contributed by atoms with Crippen molar-refractivity contribution in [3.63, 3.8) is 0 Å². The van der Waals surface area contributed by atoms with Gasteiger partial charge in [-0.05, 0) is 49.8 Å². The number of carbonyl (C=O) groups is 2. The quantitative estimate of drug-likeness (QED) is 0.797. The standard InChI is InChI=1S/C19H22N2O4/c1-11-16(12(2)21-17(11)19(23)24)18(22)20-10-13-7-8-25-15-6-4-3-5-14(15)9-13/h3-6,13,21H,7-10H2,1-2H3,(H,20,22)(H,23,24)/t13-/m1/s1. The Balaban J connectivity index is 1.68. The summed E-state index contributed by atoms with van der Waals surface area (Å²) >= 11 is 0. The summed E-state index contributed by atoms with van der Waals surface area (Å²) < 4.78 is 5.76. The maximum absolute atomic E-state index is 12.5. The van der Waals surface area contributed by atoms with Crippen molar-refractivity contribution in [2.45, 2.75) is 26.7 Å². The first-order valence-electron chi connectivity index (χ1n) is 8.38. The van der Waals surface area contributed by atoms with E-state index in [9.17, 15) is 9.59 Å². The highest BCUT2D eigenvalue weighted by Crippen LogP contribution is 2.26. The SMILES string of the molecule is Cc1[nH]c(C(=O)O)c(C)c1C(=O)NC[C@@H]1CCOc2ccccc2C1. The molecule has 3 rings (SSSR count). The fourth-order valence-electron chi connectivity index (χ4n) is 3.37. The zero-order valence-corrected chi connectivity index (χ0v) is 14.4. The minimum Gasteiger partial charge on any atom is -0.493 e. The zero-order chi connectivity index (χ0) is 18.0. The summed E-state index contributed by atoms with van der Waals surface area (Å²) in [4.78, 5) is 26.5. The van der Waals surface area contributed by atoms with Gasteiger partial charge in [-0.15, -0.1) is 0 Å². The number of aromatic carboxylic acids is 1. The number of aromatic amines is 1. The molecule has 1 aromatic carbocycles. The number of aryl methyl sites for hydroxylation is 1. The van der Waals surface area contributed by atoms with Gasteiger partial charge in [-0.2, -0.15) is 0 Å². The Hall–Kier alpha value is -2.76. The zero-order valence-electron chi connectivity index (χ0n) is 14.4. The highest BCUT2D eigenvalue weighted by Gasteiger charge is 2.23. The number of amides is 1. The molecule has 0 saturated heterocycles. The van der Waals surface area contributed by atoms with Crippen LogP contribution < -0.4 is 10.1 Å². The summed E-state index contributed by atoms with van der Waals surface area (Å²) in [5.41, 5.74) is 2.68. The van der Waals surface area contributed by atoms with Crippen molar-refractivity contribution in [2.24, 2.45) is 5.92 Å². The van der Waals surface area contributed by atoms with Crippen molar-refractivity contribution in [3.05, 3.63) is 52.3 Å². The lowest BCUT2D eigenvalue weighted by Crippen LogP contribution is -2.31. The normalized spacial score (nSPS) is 16.5. The Bertz CT molecular complexity index is 810. The largest absolute Gasteiger partial charge is 0.493 e. The average molecular weight is 342 g/mol. The second-order valence-corrected chi connectivity index (χ2v) is 6.46. The van der Waals surface area contributed by atoms with Gasteiger partial charge in [-0.25, -0.2) is 4.79 Å². The van der Waals surface area contributed by atoms with E-state index in [0.29, 0.717) is 30.0 Å². The fourth-order valence-corrected chi connectivity index (χ4v) is 3.37. The summed E-state index contributed by atoms with van der Waals surface area (Å²) in [6.07, 6.45) is 1.71. The fraction of sp³-hybridized carbons (Fsp3) is 0.368. The lowest BCUT2D eigenvalue weighted by atomic mass is 9.96. The van der Waals surface area contributed by atoms with Gasteiger partial charge in [0.25, 0.3) is 5.91 Å². The predicted octanol–water partition coefficient (Wildman–Crippen LogP) is 2.70. The smallest absolute Gasteiger partial charge is 0.352 e. The monoisotopic (exact) mass is 342 g/mol. The molecule has 1 aliphatic heterocycles. The minimum absolute atomic E-state index is 0.0689. The van der Waals surface area contributed by atoms with Gasteiger partial charge in [0.15, 0.2) is 0 Å². The molecule has 6 nitrogen and oxygen atoms in total. The van der Waals surface area contributed by atoms with Crippen LogP contribution >= 0.6 is 0 Å². The van der Waals surface area contributed by atoms with Crippen molar-refractivity contribution in [1.29, 1.82) is 0 Å². The number of benzene rings is 1. The molecule has 25 heavy (non-hydrogen) atoms. The van der Waals surface area contributed by atoms with E-state index in [1.165, 1.54) is 0 Å². The maximum atomic E-state index is 12.5. The second-order valence-electron chi connectivity index (χ2n) is 6.46. The lowest BCUT2D eigenvalue weighted by molar-refractivity contribution is 0.0690. The van der Waals surface area contributed by atoms with Crippen molar-refractivity contribution < 1.29 is 19.4 Å². The molecular weight excluding hydrogens is 320 g/mol. The van der Waals surface area contributed by atoms with Crippen LogP contribution in [0.2, 0.25) is 0 Å². The van der Waals surface area contributed by atoms with Crippen molar-refractivity contribution in [1.82, 2.24) is 10.3 Å². The summed E-state index contributed by atoms with van der Waals surface area (Å²) in [6, 6.07) is 7.97. The number of carboxylic acids is 1. The van der Waals surface area contributed by atoms with E-state index >= 15 is 0 Å². The number of carbonyl (C=O) groups excluding carboxylic acids is 1. The van der Waals surface area contributed by atoms with Crippen LogP contribution in [-0.4, -0.2) is 35.1 Å². The van der Waals surface area contributed by atoms with Crippen molar-refractivity contribution >= 4 is 11.9 Å². The van der Waals surface area contributed by atoms with Crippen LogP contribution in [0.1, 0.15) is 44.1 Å². The third kappa shape index (κ3) is 3.52. The Morgan fingerprint density at radius 1 is 1.32 bits per heavy atom. The molecule has 3 N–H and O–H groups in total. The highest BCUT2D eigenvalue weighted by atomic mass is 16.5. The van der Waals surface area contributed by atoms with Crippen molar-refractivity contribution in [3.8, 4) is 5.75 Å². The number of carboxylic acid groups (broad SMARTS) is 1. The van der Waals surface area contributed by atoms with Crippen LogP contribution in [0.5, 0.6) is 5.75 Å². The van der Waals surface area contributed by atoms with E-state index in [2.05, 4.69) is 16.4 Å². The number of H-pyrrole nitrogens is 1. The van der Waals surface area contributed by atoms with E-state index in [1.807, 2.05) is 18.2 Å². The molecule has 0 bridgehead atoms. The molecule has 2 aromatic rings. The van der Waals surface area contributed by atoms with Crippen molar-refractivity contribution in [2.75, 3.05) is 13.2 Å². The van der Waals surface area contributed by atoms with Gasteiger partial charge in [0, 0.05) is 12.2 Å². The maximum Gasteiger partial charge on any atom is 0.352 e. The third-order valence-corrected chi connectivity index (χ3v) is 4.69. The lowest BCUT2D eigenvalue weighted by Gasteiger charge is -2.15. The van der Waals surface area contributed by atoms with Gasteiger partial charge in [0.1, 0.15) is 11.4 Å². The molecule has 0 spiro atoms. The molecule has 1 atom stereocenters. The summed E-state index contributed by atoms with van der Waals surface area (Å²) in [5.74, 6) is -0.0970. The number of para-hydroxylation sites is 1. The first-order chi connectivity index (χ1) is 12.0. The first kappa shape index (κ1) is 17.1. The third-order valence-electron chi connectivity index (χ3n) is 4.69. The number of nitrogens with one attached hydrogen (secondary N) is 2. The second kappa shape index (κ2) is 7.01. The Morgan fingerprint density at radius 3 is 2.80 bits per heavy atom. The number of fused-ring (bicyclic) bond motifs is 1. The van der Waals surface area contributed by atoms with E-state index in [1.54, 1.807) is 13.8 Å². The van der Waals surface area contributed by atoms with Crippen LogP contribution in [0, 0.1) is 19.8 Å². The molecule has 0 fully saturated rings. The van der Waals surface area contributed by atoms with Gasteiger partial charge in [-0.3, -0.25) is 4.79 Å².